The van der Waals surface area contributed by atoms with Gasteiger partial charge in [0.2, 0.25) is 0 Å². The first-order valence-electron chi connectivity index (χ1n) is 7.72. The van der Waals surface area contributed by atoms with Gasteiger partial charge in [0.15, 0.2) is 0 Å². The van der Waals surface area contributed by atoms with E-state index in [4.69, 9.17) is 4.74 Å². The fraction of sp³-hybridized carbons (Fsp3) is 0.647. The van der Waals surface area contributed by atoms with E-state index in [1.54, 1.807) is 0 Å². The minimum atomic E-state index is 0.728. The van der Waals surface area contributed by atoms with Crippen LogP contribution in [0.5, 0.6) is 5.75 Å². The zero-order valence-corrected chi connectivity index (χ0v) is 12.7. The van der Waals surface area contributed by atoms with E-state index in [1.807, 2.05) is 13.0 Å². The molecule has 0 aliphatic rings. The molecule has 0 saturated carbocycles. The normalized spacial score (nSPS) is 12.4. The van der Waals surface area contributed by atoms with Crippen LogP contribution in [0.15, 0.2) is 24.3 Å². The Morgan fingerprint density at radius 1 is 1.21 bits per heavy atom. The predicted octanol–water partition coefficient (Wildman–Crippen LogP) is 4.39. The second-order valence-electron chi connectivity index (χ2n) is 5.13. The van der Waals surface area contributed by atoms with Crippen molar-refractivity contribution in [1.29, 1.82) is 0 Å². The van der Waals surface area contributed by atoms with E-state index in [0.29, 0.717) is 0 Å². The maximum absolute atomic E-state index is 5.52. The largest absolute Gasteiger partial charge is 0.494 e. The van der Waals surface area contributed by atoms with Gasteiger partial charge < -0.3 is 10.1 Å². The van der Waals surface area contributed by atoms with E-state index in [9.17, 15) is 0 Å². The van der Waals surface area contributed by atoms with Crippen LogP contribution in [0, 0.1) is 5.92 Å². The molecule has 0 heterocycles. The van der Waals surface area contributed by atoms with E-state index < -0.39 is 0 Å². The summed E-state index contributed by atoms with van der Waals surface area (Å²) < 4.78 is 5.52. The molecule has 2 nitrogen and oxygen atoms in total. The number of benzene rings is 1. The Labute approximate surface area is 118 Å². The first kappa shape index (κ1) is 16.0. The van der Waals surface area contributed by atoms with E-state index >= 15 is 0 Å². The molecule has 0 aromatic heterocycles. The van der Waals surface area contributed by atoms with E-state index in [1.165, 1.54) is 31.2 Å². The Bertz CT molecular complexity index is 338. The molecule has 0 aliphatic carbocycles. The molecule has 0 bridgehead atoms. The second kappa shape index (κ2) is 9.85. The summed E-state index contributed by atoms with van der Waals surface area (Å²) in [6.45, 7) is 9.35. The molecule has 1 N–H and O–H groups in total. The highest BCUT2D eigenvalue weighted by atomic mass is 16.5. The molecule has 1 aromatic rings. The molecule has 2 heteroatoms. The highest BCUT2D eigenvalue weighted by molar-refractivity contribution is 5.28. The van der Waals surface area contributed by atoms with Crippen LogP contribution < -0.4 is 10.1 Å². The van der Waals surface area contributed by atoms with Gasteiger partial charge in [-0.3, -0.25) is 0 Å². The summed E-state index contributed by atoms with van der Waals surface area (Å²) in [5.41, 5.74) is 1.30. The number of ether oxygens (including phenoxy) is 1. The summed E-state index contributed by atoms with van der Waals surface area (Å²) >= 11 is 0. The van der Waals surface area contributed by atoms with Gasteiger partial charge >= 0.3 is 0 Å². The Morgan fingerprint density at radius 2 is 2.05 bits per heavy atom. The third-order valence-electron chi connectivity index (χ3n) is 3.51. The summed E-state index contributed by atoms with van der Waals surface area (Å²) in [4.78, 5) is 0. The lowest BCUT2D eigenvalue weighted by Gasteiger charge is -2.15. The molecule has 1 unspecified atom stereocenters. The fourth-order valence-electron chi connectivity index (χ4n) is 2.28. The van der Waals surface area contributed by atoms with Crippen molar-refractivity contribution < 1.29 is 4.74 Å². The van der Waals surface area contributed by atoms with Crippen molar-refractivity contribution in [3.63, 3.8) is 0 Å². The van der Waals surface area contributed by atoms with Crippen molar-refractivity contribution >= 4 is 0 Å². The molecule has 108 valence electrons. The first-order chi connectivity index (χ1) is 9.30. The van der Waals surface area contributed by atoms with Crippen LogP contribution in [0.4, 0.5) is 0 Å². The summed E-state index contributed by atoms with van der Waals surface area (Å²) in [6.07, 6.45) is 5.26. The Morgan fingerprint density at radius 3 is 2.74 bits per heavy atom. The summed E-state index contributed by atoms with van der Waals surface area (Å²) in [7, 11) is 0. The van der Waals surface area contributed by atoms with Crippen molar-refractivity contribution in [2.24, 2.45) is 5.92 Å². The van der Waals surface area contributed by atoms with Crippen molar-refractivity contribution in [3.05, 3.63) is 29.8 Å². The van der Waals surface area contributed by atoms with Gasteiger partial charge in [-0.25, -0.2) is 0 Å². The number of hydrogen-bond acceptors (Lipinski definition) is 2. The molecule has 1 rings (SSSR count). The first-order valence-corrected chi connectivity index (χ1v) is 7.72. The molecule has 19 heavy (non-hydrogen) atoms. The van der Waals surface area contributed by atoms with Crippen molar-refractivity contribution in [2.75, 3.05) is 13.2 Å². The summed E-state index contributed by atoms with van der Waals surface area (Å²) in [6, 6.07) is 8.37. The minimum absolute atomic E-state index is 0.728. The van der Waals surface area contributed by atoms with E-state index in [0.717, 1.165) is 31.4 Å². The molecule has 0 radical (unpaired) electrons. The SMILES string of the molecule is CCCCC(CC)CNCc1cccc(OCC)c1. The molecular weight excluding hydrogens is 234 g/mol. The highest BCUT2D eigenvalue weighted by Gasteiger charge is 2.05. The molecular formula is C17H29NO. The van der Waals surface area contributed by atoms with Gasteiger partial charge in [-0.05, 0) is 43.5 Å². The highest BCUT2D eigenvalue weighted by Crippen LogP contribution is 2.14. The number of hydrogen-bond donors (Lipinski definition) is 1. The monoisotopic (exact) mass is 263 g/mol. The van der Waals surface area contributed by atoms with Crippen LogP contribution >= 0.6 is 0 Å². The maximum atomic E-state index is 5.52. The van der Waals surface area contributed by atoms with Gasteiger partial charge in [0.25, 0.3) is 0 Å². The van der Waals surface area contributed by atoms with Gasteiger partial charge in [-0.2, -0.15) is 0 Å². The van der Waals surface area contributed by atoms with E-state index in [2.05, 4.69) is 37.4 Å². The zero-order valence-electron chi connectivity index (χ0n) is 12.7. The zero-order chi connectivity index (χ0) is 13.9. The van der Waals surface area contributed by atoms with Crippen molar-refractivity contribution in [3.8, 4) is 5.75 Å². The van der Waals surface area contributed by atoms with Crippen LogP contribution in [0.25, 0.3) is 0 Å². The smallest absolute Gasteiger partial charge is 0.119 e. The van der Waals surface area contributed by atoms with Gasteiger partial charge in [-0.1, -0.05) is 45.2 Å². The number of rotatable bonds is 10. The average Bonchev–Trinajstić information content (AvgIpc) is 2.43. The van der Waals surface area contributed by atoms with Gasteiger partial charge in [0, 0.05) is 6.54 Å². The van der Waals surface area contributed by atoms with Crippen LogP contribution in [-0.2, 0) is 6.54 Å². The fourth-order valence-corrected chi connectivity index (χ4v) is 2.28. The van der Waals surface area contributed by atoms with Crippen LogP contribution in [0.1, 0.15) is 52.0 Å². The third kappa shape index (κ3) is 6.63. The van der Waals surface area contributed by atoms with E-state index in [-0.39, 0.29) is 0 Å². The molecule has 0 fully saturated rings. The molecule has 1 atom stereocenters. The Balaban J connectivity index is 2.33. The minimum Gasteiger partial charge on any atom is -0.494 e. The summed E-state index contributed by atoms with van der Waals surface area (Å²) in [5.74, 6) is 1.79. The third-order valence-corrected chi connectivity index (χ3v) is 3.51. The lowest BCUT2D eigenvalue weighted by Crippen LogP contribution is -2.22. The Kier molecular flexibility index (Phi) is 8.31. The molecule has 0 saturated heterocycles. The number of unbranched alkanes of at least 4 members (excludes halogenated alkanes) is 1. The standard InChI is InChI=1S/C17H29NO/c1-4-7-9-15(5-2)13-18-14-16-10-8-11-17(12-16)19-6-3/h8,10-12,15,18H,4-7,9,13-14H2,1-3H3. The van der Waals surface area contributed by atoms with Crippen LogP contribution in [0.2, 0.25) is 0 Å². The quantitative estimate of drug-likeness (QED) is 0.676. The van der Waals surface area contributed by atoms with Gasteiger partial charge in [-0.15, -0.1) is 0 Å². The van der Waals surface area contributed by atoms with Crippen LogP contribution in [-0.4, -0.2) is 13.2 Å². The average molecular weight is 263 g/mol. The lowest BCUT2D eigenvalue weighted by atomic mass is 9.99. The lowest BCUT2D eigenvalue weighted by molar-refractivity contribution is 0.339. The number of nitrogens with one attached hydrogen (secondary N) is 1. The van der Waals surface area contributed by atoms with Gasteiger partial charge in [0.05, 0.1) is 6.61 Å². The van der Waals surface area contributed by atoms with Crippen molar-refractivity contribution in [2.45, 2.75) is 53.0 Å². The summed E-state index contributed by atoms with van der Waals surface area (Å²) in [5, 5.41) is 3.58. The predicted molar refractivity (Wildman–Crippen MR) is 82.6 cm³/mol. The molecule has 0 amide bonds. The Hall–Kier alpha value is -1.02. The maximum Gasteiger partial charge on any atom is 0.119 e. The second-order valence-corrected chi connectivity index (χ2v) is 5.13. The molecule has 1 aromatic carbocycles. The topological polar surface area (TPSA) is 21.3 Å². The van der Waals surface area contributed by atoms with Gasteiger partial charge in [0.1, 0.15) is 5.75 Å². The van der Waals surface area contributed by atoms with Crippen LogP contribution in [0.3, 0.4) is 0 Å². The molecule has 0 aliphatic heterocycles. The van der Waals surface area contributed by atoms with Crippen molar-refractivity contribution in [1.82, 2.24) is 5.32 Å². The molecule has 0 spiro atoms.